The number of hydrogen-bond donors (Lipinski definition) is 0. The number of benzene rings is 1. The zero-order valence-electron chi connectivity index (χ0n) is 8.95. The van der Waals surface area contributed by atoms with E-state index in [0.717, 1.165) is 11.8 Å². The van der Waals surface area contributed by atoms with Gasteiger partial charge in [-0.05, 0) is 35.6 Å². The predicted octanol–water partition coefficient (Wildman–Crippen LogP) is 3.33. The first kappa shape index (κ1) is 10.7. The van der Waals surface area contributed by atoms with Crippen LogP contribution in [0.4, 0.5) is 0 Å². The molecule has 0 atom stereocenters. The van der Waals surface area contributed by atoms with Gasteiger partial charge in [0.25, 0.3) is 0 Å². The molecule has 0 heterocycles. The summed E-state index contributed by atoms with van der Waals surface area (Å²) in [5, 5.41) is 0. The van der Waals surface area contributed by atoms with Crippen molar-refractivity contribution in [2.24, 2.45) is 0 Å². The van der Waals surface area contributed by atoms with Crippen molar-refractivity contribution < 1.29 is 4.79 Å². The van der Waals surface area contributed by atoms with Gasteiger partial charge in [-0.1, -0.05) is 38.1 Å². The number of hydrogen-bond acceptors (Lipinski definition) is 1. The first-order valence-corrected chi connectivity index (χ1v) is 4.87. The van der Waals surface area contributed by atoms with Crippen molar-refractivity contribution in [3.05, 3.63) is 41.0 Å². The second kappa shape index (κ2) is 4.75. The summed E-state index contributed by atoms with van der Waals surface area (Å²) in [4.78, 5) is 10.2. The minimum Gasteiger partial charge on any atom is -0.299 e. The van der Waals surface area contributed by atoms with Crippen LogP contribution in [0.5, 0.6) is 0 Å². The Balaban J connectivity index is 3.00. The van der Waals surface area contributed by atoms with E-state index in [9.17, 15) is 4.79 Å². The van der Waals surface area contributed by atoms with Crippen LogP contribution in [0.1, 0.15) is 36.5 Å². The first-order valence-electron chi connectivity index (χ1n) is 4.87. The third kappa shape index (κ3) is 2.56. The Morgan fingerprint density at radius 2 is 2.00 bits per heavy atom. The molecule has 0 unspecified atom stereocenters. The second-order valence-electron chi connectivity index (χ2n) is 3.77. The number of carbonyl (C=O) groups excluding carboxylic acids is 1. The standard InChI is InChI=1S/C13H16O/c1-10(2)13-7-6-12(5-4-8-14)9-11(13)3/h4-10H,1-3H3/b5-4+. The van der Waals surface area contributed by atoms with Gasteiger partial charge in [0.05, 0.1) is 0 Å². The number of allylic oxidation sites excluding steroid dienone is 1. The Kier molecular flexibility index (Phi) is 3.63. The van der Waals surface area contributed by atoms with E-state index in [1.54, 1.807) is 0 Å². The van der Waals surface area contributed by atoms with Crippen LogP contribution >= 0.6 is 0 Å². The van der Waals surface area contributed by atoms with E-state index in [1.807, 2.05) is 12.1 Å². The lowest BCUT2D eigenvalue weighted by molar-refractivity contribution is -0.104. The van der Waals surface area contributed by atoms with E-state index < -0.39 is 0 Å². The number of aryl methyl sites for hydroxylation is 1. The highest BCUT2D eigenvalue weighted by atomic mass is 16.1. The molecule has 0 bridgehead atoms. The molecule has 1 aromatic rings. The van der Waals surface area contributed by atoms with Crippen molar-refractivity contribution >= 4 is 12.4 Å². The normalized spacial score (nSPS) is 11.1. The molecular weight excluding hydrogens is 172 g/mol. The zero-order valence-corrected chi connectivity index (χ0v) is 8.95. The minimum atomic E-state index is 0.555. The topological polar surface area (TPSA) is 17.1 Å². The minimum absolute atomic E-state index is 0.555. The molecule has 14 heavy (non-hydrogen) atoms. The summed E-state index contributed by atoms with van der Waals surface area (Å²) in [6.45, 7) is 6.47. The molecule has 1 aromatic carbocycles. The molecule has 0 N–H and O–H groups in total. The average molecular weight is 188 g/mol. The highest BCUT2D eigenvalue weighted by molar-refractivity contribution is 5.74. The van der Waals surface area contributed by atoms with Gasteiger partial charge in [0.1, 0.15) is 6.29 Å². The Morgan fingerprint density at radius 1 is 1.29 bits per heavy atom. The fraction of sp³-hybridized carbons (Fsp3) is 0.308. The molecule has 0 aromatic heterocycles. The highest BCUT2D eigenvalue weighted by Crippen LogP contribution is 2.20. The van der Waals surface area contributed by atoms with Gasteiger partial charge in [-0.3, -0.25) is 4.79 Å². The van der Waals surface area contributed by atoms with Crippen molar-refractivity contribution in [3.63, 3.8) is 0 Å². The van der Waals surface area contributed by atoms with Crippen LogP contribution in [-0.2, 0) is 4.79 Å². The first-order chi connectivity index (χ1) is 6.65. The summed E-state index contributed by atoms with van der Waals surface area (Å²) in [6, 6.07) is 6.28. The molecule has 1 heteroatoms. The molecule has 0 saturated heterocycles. The predicted molar refractivity (Wildman–Crippen MR) is 60.4 cm³/mol. The third-order valence-electron chi connectivity index (χ3n) is 2.28. The van der Waals surface area contributed by atoms with E-state index in [1.165, 1.54) is 17.2 Å². The molecule has 1 nitrogen and oxygen atoms in total. The Hall–Kier alpha value is -1.37. The Morgan fingerprint density at radius 3 is 2.50 bits per heavy atom. The average Bonchev–Trinajstić information content (AvgIpc) is 2.14. The summed E-state index contributed by atoms with van der Waals surface area (Å²) in [6.07, 6.45) is 4.14. The van der Waals surface area contributed by atoms with Crippen LogP contribution in [0.3, 0.4) is 0 Å². The van der Waals surface area contributed by atoms with Crippen molar-refractivity contribution in [1.82, 2.24) is 0 Å². The quantitative estimate of drug-likeness (QED) is 0.525. The van der Waals surface area contributed by atoms with Crippen LogP contribution in [0.15, 0.2) is 24.3 Å². The third-order valence-corrected chi connectivity index (χ3v) is 2.28. The second-order valence-corrected chi connectivity index (χ2v) is 3.77. The highest BCUT2D eigenvalue weighted by Gasteiger charge is 2.02. The monoisotopic (exact) mass is 188 g/mol. The van der Waals surface area contributed by atoms with Gasteiger partial charge in [0.2, 0.25) is 0 Å². The van der Waals surface area contributed by atoms with Crippen molar-refractivity contribution in [2.45, 2.75) is 26.7 Å². The summed E-state index contributed by atoms with van der Waals surface area (Å²) < 4.78 is 0. The van der Waals surface area contributed by atoms with Crippen LogP contribution in [0.2, 0.25) is 0 Å². The lowest BCUT2D eigenvalue weighted by atomic mass is 9.96. The SMILES string of the molecule is Cc1cc(/C=C/C=O)ccc1C(C)C. The molecule has 0 fully saturated rings. The summed E-state index contributed by atoms with van der Waals surface area (Å²) in [7, 11) is 0. The molecule has 74 valence electrons. The molecule has 0 aliphatic rings. The van der Waals surface area contributed by atoms with Gasteiger partial charge in [-0.15, -0.1) is 0 Å². The van der Waals surface area contributed by atoms with Crippen LogP contribution < -0.4 is 0 Å². The Labute approximate surface area is 85.5 Å². The van der Waals surface area contributed by atoms with E-state index >= 15 is 0 Å². The summed E-state index contributed by atoms with van der Waals surface area (Å²) >= 11 is 0. The molecule has 0 radical (unpaired) electrons. The maximum atomic E-state index is 10.2. The van der Waals surface area contributed by atoms with Crippen molar-refractivity contribution in [3.8, 4) is 0 Å². The molecule has 0 aliphatic carbocycles. The van der Waals surface area contributed by atoms with Gasteiger partial charge in [0.15, 0.2) is 0 Å². The fourth-order valence-electron chi connectivity index (χ4n) is 1.60. The molecule has 0 amide bonds. The van der Waals surface area contributed by atoms with E-state index in [0.29, 0.717) is 5.92 Å². The molecule has 0 aliphatic heterocycles. The fourth-order valence-corrected chi connectivity index (χ4v) is 1.60. The zero-order chi connectivity index (χ0) is 10.6. The molecule has 0 spiro atoms. The maximum absolute atomic E-state index is 10.2. The van der Waals surface area contributed by atoms with Gasteiger partial charge in [-0.2, -0.15) is 0 Å². The van der Waals surface area contributed by atoms with Crippen LogP contribution in [0.25, 0.3) is 6.08 Å². The van der Waals surface area contributed by atoms with Crippen LogP contribution in [0, 0.1) is 6.92 Å². The lowest BCUT2D eigenvalue weighted by Gasteiger charge is -2.09. The largest absolute Gasteiger partial charge is 0.299 e. The van der Waals surface area contributed by atoms with Gasteiger partial charge >= 0.3 is 0 Å². The molecule has 1 rings (SSSR count). The molecule has 0 saturated carbocycles. The number of carbonyl (C=O) groups is 1. The van der Waals surface area contributed by atoms with Gasteiger partial charge in [-0.25, -0.2) is 0 Å². The Bertz CT molecular complexity index is 348. The van der Waals surface area contributed by atoms with E-state index in [-0.39, 0.29) is 0 Å². The van der Waals surface area contributed by atoms with E-state index in [2.05, 4.69) is 32.9 Å². The summed E-state index contributed by atoms with van der Waals surface area (Å²) in [5.41, 5.74) is 3.74. The van der Waals surface area contributed by atoms with Crippen molar-refractivity contribution in [2.75, 3.05) is 0 Å². The van der Waals surface area contributed by atoms with Gasteiger partial charge in [0, 0.05) is 0 Å². The smallest absolute Gasteiger partial charge is 0.142 e. The summed E-state index contributed by atoms with van der Waals surface area (Å²) in [5.74, 6) is 0.555. The number of rotatable bonds is 3. The van der Waals surface area contributed by atoms with Crippen molar-refractivity contribution in [1.29, 1.82) is 0 Å². The lowest BCUT2D eigenvalue weighted by Crippen LogP contribution is -1.91. The molecular formula is C13H16O. The number of aldehydes is 1. The van der Waals surface area contributed by atoms with E-state index in [4.69, 9.17) is 0 Å². The van der Waals surface area contributed by atoms with Gasteiger partial charge < -0.3 is 0 Å². The maximum Gasteiger partial charge on any atom is 0.142 e. The van der Waals surface area contributed by atoms with Crippen LogP contribution in [-0.4, -0.2) is 6.29 Å².